The number of nitrogens with two attached hydrogens (primary N) is 1. The quantitative estimate of drug-likeness (QED) is 0.803. The first-order valence-electron chi connectivity index (χ1n) is 7.36. The third kappa shape index (κ3) is 4.23. The van der Waals surface area contributed by atoms with Crippen molar-refractivity contribution in [1.82, 2.24) is 0 Å². The zero-order chi connectivity index (χ0) is 14.4. The number of carboxylic acid groups (broad SMARTS) is 1. The highest BCUT2D eigenvalue weighted by atomic mass is 16.5. The highest BCUT2D eigenvalue weighted by molar-refractivity contribution is 5.73. The molecule has 110 valence electrons. The highest BCUT2D eigenvalue weighted by Gasteiger charge is 2.17. The van der Waals surface area contributed by atoms with Crippen LogP contribution in [0.2, 0.25) is 0 Å². The van der Waals surface area contributed by atoms with Crippen LogP contribution in [0.1, 0.15) is 37.7 Å². The minimum Gasteiger partial charge on any atom is -0.493 e. The summed E-state index contributed by atoms with van der Waals surface area (Å²) in [6, 6.07) is 6.68. The van der Waals surface area contributed by atoms with E-state index >= 15 is 0 Å². The van der Waals surface area contributed by atoms with Crippen LogP contribution in [-0.4, -0.2) is 23.7 Å². The van der Waals surface area contributed by atoms with E-state index in [1.807, 2.05) is 24.3 Å². The normalized spacial score (nSPS) is 17.1. The van der Waals surface area contributed by atoms with Crippen LogP contribution in [0.5, 0.6) is 5.75 Å². The van der Waals surface area contributed by atoms with Gasteiger partial charge in [-0.15, -0.1) is 0 Å². The highest BCUT2D eigenvalue weighted by Crippen LogP contribution is 2.28. The first-order valence-corrected chi connectivity index (χ1v) is 7.36. The van der Waals surface area contributed by atoms with Gasteiger partial charge in [0.1, 0.15) is 11.8 Å². The summed E-state index contributed by atoms with van der Waals surface area (Å²) < 4.78 is 5.83. The summed E-state index contributed by atoms with van der Waals surface area (Å²) in [5.41, 5.74) is 6.46. The number of carboxylic acids is 1. The first-order chi connectivity index (χ1) is 9.66. The zero-order valence-corrected chi connectivity index (χ0v) is 11.8. The van der Waals surface area contributed by atoms with Gasteiger partial charge < -0.3 is 15.6 Å². The van der Waals surface area contributed by atoms with Crippen LogP contribution in [0.15, 0.2) is 24.3 Å². The van der Waals surface area contributed by atoms with Crippen molar-refractivity contribution < 1.29 is 14.6 Å². The van der Waals surface area contributed by atoms with Crippen LogP contribution in [0.25, 0.3) is 0 Å². The van der Waals surface area contributed by atoms with Crippen LogP contribution in [0, 0.1) is 5.92 Å². The SMILES string of the molecule is N[C@H](Cc1ccccc1OCCC1CCCC1)C(=O)O. The van der Waals surface area contributed by atoms with Crippen LogP contribution in [0.3, 0.4) is 0 Å². The molecule has 0 amide bonds. The Morgan fingerprint density at radius 1 is 1.35 bits per heavy atom. The monoisotopic (exact) mass is 277 g/mol. The Bertz CT molecular complexity index is 441. The molecule has 2 rings (SSSR count). The van der Waals surface area contributed by atoms with Crippen molar-refractivity contribution in [2.24, 2.45) is 11.7 Å². The van der Waals surface area contributed by atoms with E-state index in [0.717, 1.165) is 23.7 Å². The molecule has 0 heterocycles. The Morgan fingerprint density at radius 2 is 2.05 bits per heavy atom. The second-order valence-electron chi connectivity index (χ2n) is 5.54. The second kappa shape index (κ2) is 7.29. The predicted molar refractivity (Wildman–Crippen MR) is 77.8 cm³/mol. The van der Waals surface area contributed by atoms with Crippen molar-refractivity contribution in [3.63, 3.8) is 0 Å². The molecule has 20 heavy (non-hydrogen) atoms. The molecular formula is C16H23NO3. The summed E-state index contributed by atoms with van der Waals surface area (Å²) in [4.78, 5) is 10.8. The lowest BCUT2D eigenvalue weighted by atomic mass is 10.0. The largest absolute Gasteiger partial charge is 0.493 e. The average molecular weight is 277 g/mol. The fraction of sp³-hybridized carbons (Fsp3) is 0.562. The van der Waals surface area contributed by atoms with Crippen molar-refractivity contribution in [2.75, 3.05) is 6.61 Å². The van der Waals surface area contributed by atoms with E-state index < -0.39 is 12.0 Å². The number of carbonyl (C=O) groups is 1. The molecule has 1 aromatic rings. The minimum atomic E-state index is -0.981. The molecular weight excluding hydrogens is 254 g/mol. The number of para-hydroxylation sites is 1. The number of aliphatic carboxylic acids is 1. The molecule has 1 aliphatic carbocycles. The third-order valence-electron chi connectivity index (χ3n) is 3.99. The maximum atomic E-state index is 10.8. The minimum absolute atomic E-state index is 0.301. The van der Waals surface area contributed by atoms with Crippen molar-refractivity contribution >= 4 is 5.97 Å². The van der Waals surface area contributed by atoms with Crippen LogP contribution < -0.4 is 10.5 Å². The van der Waals surface area contributed by atoms with E-state index in [-0.39, 0.29) is 0 Å². The Kier molecular flexibility index (Phi) is 5.41. The lowest BCUT2D eigenvalue weighted by Gasteiger charge is -2.14. The van der Waals surface area contributed by atoms with E-state index in [0.29, 0.717) is 13.0 Å². The van der Waals surface area contributed by atoms with E-state index in [9.17, 15) is 4.79 Å². The maximum Gasteiger partial charge on any atom is 0.320 e. The van der Waals surface area contributed by atoms with Gasteiger partial charge in [0.25, 0.3) is 0 Å². The number of hydrogen-bond donors (Lipinski definition) is 2. The third-order valence-corrected chi connectivity index (χ3v) is 3.99. The Hall–Kier alpha value is -1.55. The van der Waals surface area contributed by atoms with Gasteiger partial charge in [-0.25, -0.2) is 0 Å². The van der Waals surface area contributed by atoms with Gasteiger partial charge in [0.2, 0.25) is 0 Å². The predicted octanol–water partition coefficient (Wildman–Crippen LogP) is 2.60. The molecule has 1 atom stereocenters. The molecule has 0 radical (unpaired) electrons. The van der Waals surface area contributed by atoms with Crippen molar-refractivity contribution in [1.29, 1.82) is 0 Å². The van der Waals surface area contributed by atoms with Crippen molar-refractivity contribution in [3.05, 3.63) is 29.8 Å². The number of hydrogen-bond acceptors (Lipinski definition) is 3. The molecule has 4 nitrogen and oxygen atoms in total. The summed E-state index contributed by atoms with van der Waals surface area (Å²) >= 11 is 0. The maximum absolute atomic E-state index is 10.8. The lowest BCUT2D eigenvalue weighted by Crippen LogP contribution is -2.32. The molecule has 0 aliphatic heterocycles. The molecule has 3 N–H and O–H groups in total. The summed E-state index contributed by atoms with van der Waals surface area (Å²) in [5, 5.41) is 8.89. The van der Waals surface area contributed by atoms with Crippen molar-refractivity contribution in [3.8, 4) is 5.75 Å². The molecule has 1 fully saturated rings. The molecule has 1 aromatic carbocycles. The average Bonchev–Trinajstić information content (AvgIpc) is 2.93. The molecule has 0 aromatic heterocycles. The van der Waals surface area contributed by atoms with Gasteiger partial charge in [0.15, 0.2) is 0 Å². The Balaban J connectivity index is 1.88. The zero-order valence-electron chi connectivity index (χ0n) is 11.8. The van der Waals surface area contributed by atoms with E-state index in [2.05, 4.69) is 0 Å². The summed E-state index contributed by atoms with van der Waals surface area (Å²) in [6.45, 7) is 0.698. The fourth-order valence-electron chi connectivity index (χ4n) is 2.77. The van der Waals surface area contributed by atoms with Gasteiger partial charge in [-0.2, -0.15) is 0 Å². The Labute approximate surface area is 119 Å². The smallest absolute Gasteiger partial charge is 0.320 e. The molecule has 1 aliphatic rings. The van der Waals surface area contributed by atoms with Crippen LogP contribution in [-0.2, 0) is 11.2 Å². The lowest BCUT2D eigenvalue weighted by molar-refractivity contribution is -0.138. The first kappa shape index (κ1) is 14.9. The van der Waals surface area contributed by atoms with Gasteiger partial charge in [0, 0.05) is 6.42 Å². The van der Waals surface area contributed by atoms with Gasteiger partial charge in [-0.1, -0.05) is 43.9 Å². The standard InChI is InChI=1S/C16H23NO3/c17-14(16(18)19)11-13-7-3-4-8-15(13)20-10-9-12-5-1-2-6-12/h3-4,7-8,12,14H,1-2,5-6,9-11,17H2,(H,18,19)/t14-/m1/s1. The van der Waals surface area contributed by atoms with Crippen LogP contribution >= 0.6 is 0 Å². The van der Waals surface area contributed by atoms with Gasteiger partial charge >= 0.3 is 5.97 Å². The second-order valence-corrected chi connectivity index (χ2v) is 5.54. The molecule has 0 bridgehead atoms. The molecule has 0 saturated heterocycles. The van der Waals surface area contributed by atoms with Gasteiger partial charge in [0.05, 0.1) is 6.61 Å². The Morgan fingerprint density at radius 3 is 2.75 bits per heavy atom. The number of rotatable bonds is 7. The van der Waals surface area contributed by atoms with E-state index in [4.69, 9.17) is 15.6 Å². The summed E-state index contributed by atoms with van der Waals surface area (Å²) in [7, 11) is 0. The number of benzene rings is 1. The summed E-state index contributed by atoms with van der Waals surface area (Å²) in [5.74, 6) is 0.580. The molecule has 0 unspecified atom stereocenters. The van der Waals surface area contributed by atoms with Gasteiger partial charge in [-0.05, 0) is 24.0 Å². The molecule has 4 heteroatoms. The van der Waals surface area contributed by atoms with E-state index in [1.54, 1.807) is 0 Å². The number of ether oxygens (including phenoxy) is 1. The topological polar surface area (TPSA) is 72.5 Å². The van der Waals surface area contributed by atoms with Crippen molar-refractivity contribution in [2.45, 2.75) is 44.6 Å². The molecule has 0 spiro atoms. The molecule has 1 saturated carbocycles. The van der Waals surface area contributed by atoms with E-state index in [1.165, 1.54) is 25.7 Å². The fourth-order valence-corrected chi connectivity index (χ4v) is 2.77. The summed E-state index contributed by atoms with van der Waals surface area (Å²) in [6.07, 6.45) is 6.70. The van der Waals surface area contributed by atoms with Crippen LogP contribution in [0.4, 0.5) is 0 Å². The van der Waals surface area contributed by atoms with Gasteiger partial charge in [-0.3, -0.25) is 4.79 Å².